The second-order valence-corrected chi connectivity index (χ2v) is 23.1. The Hall–Kier alpha value is -1.66. The second kappa shape index (κ2) is 63.9. The average Bonchev–Trinajstić information content (AvgIpc) is 3.40. The summed E-state index contributed by atoms with van der Waals surface area (Å²) < 4.78 is 5.48. The highest BCUT2D eigenvalue weighted by atomic mass is 16.5. The Labute approximate surface area is 462 Å². The molecule has 0 rings (SSSR count). The van der Waals surface area contributed by atoms with Gasteiger partial charge in [-0.3, -0.25) is 9.59 Å². The molecule has 0 saturated heterocycles. The van der Waals surface area contributed by atoms with E-state index < -0.39 is 12.1 Å². The number of allylic oxidation sites excluding steroid dienone is 4. The van der Waals surface area contributed by atoms with E-state index in [1.54, 1.807) is 0 Å². The number of rotatable bonds is 63. The van der Waals surface area contributed by atoms with Crippen LogP contribution >= 0.6 is 0 Å². The van der Waals surface area contributed by atoms with Crippen LogP contribution in [0.4, 0.5) is 0 Å². The van der Waals surface area contributed by atoms with Crippen molar-refractivity contribution in [3.05, 3.63) is 24.3 Å². The van der Waals surface area contributed by atoms with E-state index in [1.165, 1.54) is 283 Å². The first kappa shape index (κ1) is 72.3. The number of carbonyl (C=O) groups excluding carboxylic acids is 2. The van der Waals surface area contributed by atoms with Gasteiger partial charge in [-0.05, 0) is 77.0 Å². The van der Waals surface area contributed by atoms with Gasteiger partial charge in [-0.1, -0.05) is 308 Å². The molecule has 2 atom stereocenters. The molecule has 0 spiro atoms. The third-order valence-corrected chi connectivity index (χ3v) is 15.7. The van der Waals surface area contributed by atoms with Crippen molar-refractivity contribution in [1.82, 2.24) is 5.32 Å². The molecule has 438 valence electrons. The Kier molecular flexibility index (Phi) is 62.4. The molecule has 6 heteroatoms. The summed E-state index contributed by atoms with van der Waals surface area (Å²) >= 11 is 0. The van der Waals surface area contributed by atoms with E-state index in [4.69, 9.17) is 4.74 Å². The van der Waals surface area contributed by atoms with E-state index >= 15 is 0 Å². The van der Waals surface area contributed by atoms with Crippen molar-refractivity contribution in [3.8, 4) is 0 Å². The van der Waals surface area contributed by atoms with Crippen molar-refractivity contribution >= 4 is 11.9 Å². The highest BCUT2D eigenvalue weighted by molar-refractivity contribution is 5.76. The minimum absolute atomic E-state index is 0.00343. The van der Waals surface area contributed by atoms with Gasteiger partial charge in [0.1, 0.15) is 0 Å². The standard InChI is InChI=1S/C68H131NO5/c1-3-5-7-9-11-13-15-17-19-21-22-23-24-25-26-29-32-36-40-44-48-52-56-60-66(71)65(64-70)69-67(72)61-57-53-49-45-41-37-33-30-27-28-31-35-39-43-47-51-55-59-63-74-68(73)62-58-54-50-46-42-38-34-20-18-16-14-12-10-8-6-4-2/h20,30,33-34,65-66,70-71H,3-19,21-29,31-32,35-64H2,1-2H3,(H,69,72)/b33-30-,34-20-. The number of aliphatic hydroxyl groups excluding tert-OH is 2. The number of amides is 1. The van der Waals surface area contributed by atoms with Gasteiger partial charge >= 0.3 is 5.97 Å². The van der Waals surface area contributed by atoms with Gasteiger partial charge in [-0.2, -0.15) is 0 Å². The molecule has 0 heterocycles. The molecular weight excluding hydrogens is 911 g/mol. The van der Waals surface area contributed by atoms with Crippen molar-refractivity contribution in [2.45, 2.75) is 386 Å². The van der Waals surface area contributed by atoms with Crippen LogP contribution in [0.25, 0.3) is 0 Å². The Balaban J connectivity index is 3.44. The molecule has 0 bridgehead atoms. The lowest BCUT2D eigenvalue weighted by molar-refractivity contribution is -0.143. The normalized spacial score (nSPS) is 12.6. The molecule has 0 aromatic rings. The number of nitrogens with one attached hydrogen (secondary N) is 1. The van der Waals surface area contributed by atoms with Crippen LogP contribution in [0.3, 0.4) is 0 Å². The first-order valence-corrected chi connectivity index (χ1v) is 33.6. The van der Waals surface area contributed by atoms with Gasteiger partial charge in [0.25, 0.3) is 0 Å². The van der Waals surface area contributed by atoms with Crippen LogP contribution in [0.15, 0.2) is 24.3 Å². The molecule has 3 N–H and O–H groups in total. The molecule has 1 amide bonds. The average molecular weight is 1040 g/mol. The first-order chi connectivity index (χ1) is 36.5. The minimum atomic E-state index is -0.674. The molecular formula is C68H131NO5. The summed E-state index contributed by atoms with van der Waals surface area (Å²) in [6.07, 6.45) is 79.1. The second-order valence-electron chi connectivity index (χ2n) is 23.1. The summed E-state index contributed by atoms with van der Waals surface area (Å²) in [5, 5.41) is 23.4. The van der Waals surface area contributed by atoms with Crippen LogP contribution < -0.4 is 5.32 Å². The predicted molar refractivity (Wildman–Crippen MR) is 324 cm³/mol. The number of hydrogen-bond donors (Lipinski definition) is 3. The van der Waals surface area contributed by atoms with Crippen LogP contribution in [0.2, 0.25) is 0 Å². The lowest BCUT2D eigenvalue weighted by Gasteiger charge is -2.22. The fourth-order valence-electron chi connectivity index (χ4n) is 10.6. The summed E-state index contributed by atoms with van der Waals surface area (Å²) in [5.74, 6) is -0.0489. The van der Waals surface area contributed by atoms with Crippen molar-refractivity contribution < 1.29 is 24.5 Å². The van der Waals surface area contributed by atoms with Crippen LogP contribution in [-0.4, -0.2) is 47.4 Å². The number of esters is 1. The quantitative estimate of drug-likeness (QED) is 0.0320. The van der Waals surface area contributed by atoms with Gasteiger partial charge in [-0.15, -0.1) is 0 Å². The molecule has 0 fully saturated rings. The van der Waals surface area contributed by atoms with E-state index in [1.807, 2.05) is 0 Å². The Bertz CT molecular complexity index is 1150. The Morgan fingerprint density at radius 1 is 0.365 bits per heavy atom. The van der Waals surface area contributed by atoms with Gasteiger partial charge in [-0.25, -0.2) is 0 Å². The van der Waals surface area contributed by atoms with Gasteiger partial charge in [0.05, 0.1) is 25.4 Å². The van der Waals surface area contributed by atoms with Gasteiger partial charge in [0.2, 0.25) is 5.91 Å². The summed E-state index contributed by atoms with van der Waals surface area (Å²) in [7, 11) is 0. The minimum Gasteiger partial charge on any atom is -0.466 e. The van der Waals surface area contributed by atoms with E-state index in [2.05, 4.69) is 43.5 Å². The fourth-order valence-corrected chi connectivity index (χ4v) is 10.6. The SMILES string of the molecule is CCCCCCCCC/C=C\CCCCCCCC(=O)OCCCCCCCCCCC/C=C\CCCCCCCC(=O)NC(CO)C(O)CCCCCCCCCCCCCCCCCCCCCCCCC. The molecule has 74 heavy (non-hydrogen) atoms. The number of unbranched alkanes of at least 4 members (excludes halogenated alkanes) is 48. The van der Waals surface area contributed by atoms with Crippen molar-refractivity contribution in [2.24, 2.45) is 0 Å². The maximum Gasteiger partial charge on any atom is 0.305 e. The van der Waals surface area contributed by atoms with E-state index in [0.29, 0.717) is 25.9 Å². The summed E-state index contributed by atoms with van der Waals surface area (Å²) in [5.41, 5.74) is 0. The summed E-state index contributed by atoms with van der Waals surface area (Å²) in [6, 6.07) is -0.553. The number of carbonyl (C=O) groups is 2. The molecule has 0 radical (unpaired) electrons. The van der Waals surface area contributed by atoms with Gasteiger partial charge < -0.3 is 20.3 Å². The van der Waals surface area contributed by atoms with Crippen LogP contribution in [-0.2, 0) is 14.3 Å². The molecule has 0 aliphatic carbocycles. The van der Waals surface area contributed by atoms with Crippen molar-refractivity contribution in [2.75, 3.05) is 13.2 Å². The van der Waals surface area contributed by atoms with Crippen LogP contribution in [0, 0.1) is 0 Å². The maximum atomic E-state index is 12.5. The number of aliphatic hydroxyl groups is 2. The summed E-state index contributed by atoms with van der Waals surface area (Å²) in [6.45, 7) is 4.96. The monoisotopic (exact) mass is 1040 g/mol. The zero-order chi connectivity index (χ0) is 53.6. The van der Waals surface area contributed by atoms with Crippen molar-refractivity contribution in [1.29, 1.82) is 0 Å². The lowest BCUT2D eigenvalue weighted by Crippen LogP contribution is -2.45. The molecule has 0 aliphatic heterocycles. The van der Waals surface area contributed by atoms with Gasteiger partial charge in [0.15, 0.2) is 0 Å². The molecule has 6 nitrogen and oxygen atoms in total. The fraction of sp³-hybridized carbons (Fsp3) is 0.912. The van der Waals surface area contributed by atoms with Crippen LogP contribution in [0.5, 0.6) is 0 Å². The van der Waals surface area contributed by atoms with E-state index in [-0.39, 0.29) is 18.5 Å². The molecule has 0 saturated carbocycles. The highest BCUT2D eigenvalue weighted by Gasteiger charge is 2.20. The third kappa shape index (κ3) is 59.6. The topological polar surface area (TPSA) is 95.9 Å². The Morgan fingerprint density at radius 2 is 0.635 bits per heavy atom. The van der Waals surface area contributed by atoms with Crippen molar-refractivity contribution in [3.63, 3.8) is 0 Å². The molecule has 0 aliphatic rings. The van der Waals surface area contributed by atoms with Crippen LogP contribution in [0.1, 0.15) is 373 Å². The number of hydrogen-bond acceptors (Lipinski definition) is 5. The zero-order valence-electron chi connectivity index (χ0n) is 50.1. The Morgan fingerprint density at radius 3 is 0.959 bits per heavy atom. The smallest absolute Gasteiger partial charge is 0.305 e. The molecule has 0 aromatic heterocycles. The third-order valence-electron chi connectivity index (χ3n) is 15.7. The van der Waals surface area contributed by atoms with Gasteiger partial charge in [0, 0.05) is 12.8 Å². The zero-order valence-corrected chi connectivity index (χ0v) is 50.1. The first-order valence-electron chi connectivity index (χ1n) is 33.6. The largest absolute Gasteiger partial charge is 0.466 e. The summed E-state index contributed by atoms with van der Waals surface area (Å²) in [4.78, 5) is 24.6. The number of ether oxygens (including phenoxy) is 1. The lowest BCUT2D eigenvalue weighted by atomic mass is 10.0. The maximum absolute atomic E-state index is 12.5. The molecule has 0 aromatic carbocycles. The van der Waals surface area contributed by atoms with E-state index in [9.17, 15) is 19.8 Å². The predicted octanol–water partition coefficient (Wildman–Crippen LogP) is 21.4. The molecule has 2 unspecified atom stereocenters. The highest BCUT2D eigenvalue weighted by Crippen LogP contribution is 2.18. The van der Waals surface area contributed by atoms with E-state index in [0.717, 1.165) is 57.8 Å².